The molecule has 0 N–H and O–H groups in total. The van der Waals surface area contributed by atoms with E-state index >= 15 is 0 Å². The maximum atomic E-state index is 12.9. The number of piperidine rings is 1. The van der Waals surface area contributed by atoms with Gasteiger partial charge in [-0.3, -0.25) is 4.31 Å². The lowest BCUT2D eigenvalue weighted by Crippen LogP contribution is -2.31. The van der Waals surface area contributed by atoms with Crippen LogP contribution in [0.1, 0.15) is 31.2 Å². The van der Waals surface area contributed by atoms with E-state index < -0.39 is 10.0 Å². The minimum Gasteiger partial charge on any atom is -0.494 e. The molecule has 0 saturated carbocycles. The van der Waals surface area contributed by atoms with Crippen LogP contribution in [0.15, 0.2) is 53.4 Å². The third-order valence-corrected chi connectivity index (χ3v) is 7.40. The molecule has 1 saturated heterocycles. The van der Waals surface area contributed by atoms with Crippen molar-refractivity contribution < 1.29 is 13.2 Å². The Labute approximate surface area is 168 Å². The van der Waals surface area contributed by atoms with Crippen molar-refractivity contribution in [3.63, 3.8) is 0 Å². The summed E-state index contributed by atoms with van der Waals surface area (Å²) in [7, 11) is -3.51. The molecule has 28 heavy (non-hydrogen) atoms. The van der Waals surface area contributed by atoms with Crippen LogP contribution in [0.4, 0.5) is 5.69 Å². The van der Waals surface area contributed by atoms with Gasteiger partial charge in [-0.1, -0.05) is 24.6 Å². The van der Waals surface area contributed by atoms with Gasteiger partial charge in [0.05, 0.1) is 17.2 Å². The predicted octanol–water partition coefficient (Wildman–Crippen LogP) is 3.69. The zero-order valence-corrected chi connectivity index (χ0v) is 17.0. The number of likely N-dealkylation sites (tertiary alicyclic amines) is 1. The number of hydrogen-bond donors (Lipinski definition) is 0. The molecule has 0 atom stereocenters. The van der Waals surface area contributed by atoms with Crippen LogP contribution in [0.2, 0.25) is 0 Å². The molecule has 5 nitrogen and oxygen atoms in total. The fraction of sp³-hybridized carbons (Fsp3) is 0.455. The van der Waals surface area contributed by atoms with Gasteiger partial charge in [0.15, 0.2) is 0 Å². The lowest BCUT2D eigenvalue weighted by molar-refractivity contribution is 0.205. The van der Waals surface area contributed by atoms with Gasteiger partial charge in [-0.2, -0.15) is 0 Å². The molecule has 2 aromatic carbocycles. The van der Waals surface area contributed by atoms with E-state index in [1.165, 1.54) is 36.7 Å². The first kappa shape index (κ1) is 19.3. The largest absolute Gasteiger partial charge is 0.494 e. The number of fused-ring (bicyclic) bond motifs is 1. The number of anilines is 1. The zero-order chi connectivity index (χ0) is 19.4. The van der Waals surface area contributed by atoms with Crippen molar-refractivity contribution in [2.45, 2.75) is 37.0 Å². The first-order valence-corrected chi connectivity index (χ1v) is 11.6. The summed E-state index contributed by atoms with van der Waals surface area (Å²) in [4.78, 5) is 2.85. The second-order valence-electron chi connectivity index (χ2n) is 7.54. The highest BCUT2D eigenvalue weighted by atomic mass is 32.2. The zero-order valence-electron chi connectivity index (χ0n) is 16.2. The molecule has 0 amide bonds. The minimum atomic E-state index is -3.51. The summed E-state index contributed by atoms with van der Waals surface area (Å²) in [5, 5.41) is 0. The predicted molar refractivity (Wildman–Crippen MR) is 112 cm³/mol. The molecule has 0 aliphatic carbocycles. The van der Waals surface area contributed by atoms with Crippen LogP contribution in [-0.4, -0.2) is 46.1 Å². The molecule has 1 fully saturated rings. The van der Waals surface area contributed by atoms with Crippen molar-refractivity contribution in [3.8, 4) is 5.75 Å². The highest BCUT2D eigenvalue weighted by Gasteiger charge is 2.30. The van der Waals surface area contributed by atoms with Gasteiger partial charge < -0.3 is 9.64 Å². The average Bonchev–Trinajstić information content (AvgIpc) is 3.17. The molecule has 2 aliphatic rings. The van der Waals surface area contributed by atoms with Crippen LogP contribution >= 0.6 is 0 Å². The van der Waals surface area contributed by atoms with Gasteiger partial charge >= 0.3 is 0 Å². The van der Waals surface area contributed by atoms with Gasteiger partial charge in [0.25, 0.3) is 10.0 Å². The summed E-state index contributed by atoms with van der Waals surface area (Å²) >= 11 is 0. The Morgan fingerprint density at radius 3 is 2.50 bits per heavy atom. The van der Waals surface area contributed by atoms with Gasteiger partial charge in [0.1, 0.15) is 5.75 Å². The van der Waals surface area contributed by atoms with E-state index in [-0.39, 0.29) is 0 Å². The first-order chi connectivity index (χ1) is 13.6. The third kappa shape index (κ3) is 4.18. The van der Waals surface area contributed by atoms with Crippen LogP contribution in [0.5, 0.6) is 5.75 Å². The molecule has 0 unspecified atom stereocenters. The molecule has 150 valence electrons. The highest BCUT2D eigenvalue weighted by molar-refractivity contribution is 7.92. The standard InChI is InChI=1S/C22H28N2O3S/c25-28(26,21-8-3-1-4-9-21)24-16-12-19-18-20(10-11-22(19)24)27-17-7-15-23-13-5-2-6-14-23/h1,3-4,8-11,18H,2,5-7,12-17H2. The maximum absolute atomic E-state index is 12.9. The first-order valence-electron chi connectivity index (χ1n) is 10.2. The molecule has 0 bridgehead atoms. The fourth-order valence-corrected chi connectivity index (χ4v) is 5.59. The van der Waals surface area contributed by atoms with E-state index in [0.29, 0.717) is 24.5 Å². The summed E-state index contributed by atoms with van der Waals surface area (Å²) in [6.07, 6.45) is 5.72. The summed E-state index contributed by atoms with van der Waals surface area (Å²) in [5.41, 5.74) is 1.80. The van der Waals surface area contributed by atoms with E-state index in [4.69, 9.17) is 4.74 Å². The molecular weight excluding hydrogens is 372 g/mol. The molecule has 6 heteroatoms. The molecule has 2 aliphatic heterocycles. The SMILES string of the molecule is O=S(=O)(c1ccccc1)N1CCc2cc(OCCCN3CCCCC3)ccc21. The van der Waals surface area contributed by atoms with Crippen LogP contribution in [0.25, 0.3) is 0 Å². The summed E-state index contributed by atoms with van der Waals surface area (Å²) in [6, 6.07) is 14.4. The lowest BCUT2D eigenvalue weighted by atomic mass is 10.1. The van der Waals surface area contributed by atoms with E-state index in [0.717, 1.165) is 30.0 Å². The number of sulfonamides is 1. The Balaban J connectivity index is 1.37. The summed E-state index contributed by atoms with van der Waals surface area (Å²) in [6.45, 7) is 4.69. The van der Waals surface area contributed by atoms with Crippen LogP contribution in [0, 0.1) is 0 Å². The quantitative estimate of drug-likeness (QED) is 0.665. The van der Waals surface area contributed by atoms with Crippen LogP contribution in [0.3, 0.4) is 0 Å². The van der Waals surface area contributed by atoms with E-state index in [2.05, 4.69) is 4.90 Å². The van der Waals surface area contributed by atoms with Gasteiger partial charge in [-0.25, -0.2) is 8.42 Å². The third-order valence-electron chi connectivity index (χ3n) is 5.57. The molecule has 2 aromatic rings. The summed E-state index contributed by atoms with van der Waals surface area (Å²) < 4.78 is 33.3. The Morgan fingerprint density at radius 1 is 0.929 bits per heavy atom. The average molecular weight is 401 g/mol. The maximum Gasteiger partial charge on any atom is 0.264 e. The number of hydrogen-bond acceptors (Lipinski definition) is 4. The van der Waals surface area contributed by atoms with Crippen molar-refractivity contribution in [1.29, 1.82) is 0 Å². The highest BCUT2D eigenvalue weighted by Crippen LogP contribution is 2.35. The number of rotatable bonds is 7. The van der Waals surface area contributed by atoms with Gasteiger partial charge in [0, 0.05) is 13.1 Å². The van der Waals surface area contributed by atoms with Crippen LogP contribution < -0.4 is 9.04 Å². The second kappa shape index (κ2) is 8.53. The molecule has 0 aromatic heterocycles. The normalized spacial score (nSPS) is 17.5. The summed E-state index contributed by atoms with van der Waals surface area (Å²) in [5.74, 6) is 0.830. The van der Waals surface area contributed by atoms with E-state index in [1.807, 2.05) is 24.3 Å². The topological polar surface area (TPSA) is 49.9 Å². The number of benzene rings is 2. The van der Waals surface area contributed by atoms with E-state index in [9.17, 15) is 8.42 Å². The van der Waals surface area contributed by atoms with Crippen molar-refractivity contribution in [2.75, 3.05) is 37.1 Å². The molecule has 0 radical (unpaired) electrons. The van der Waals surface area contributed by atoms with Crippen molar-refractivity contribution in [2.24, 2.45) is 0 Å². The molecular formula is C22H28N2O3S. The fourth-order valence-electron chi connectivity index (χ4n) is 4.07. The van der Waals surface area contributed by atoms with Gasteiger partial charge in [0.2, 0.25) is 0 Å². The van der Waals surface area contributed by atoms with Crippen LogP contribution in [-0.2, 0) is 16.4 Å². The molecule has 2 heterocycles. The number of nitrogens with zero attached hydrogens (tertiary/aromatic N) is 2. The Kier molecular flexibility index (Phi) is 5.87. The smallest absolute Gasteiger partial charge is 0.264 e. The molecule has 0 spiro atoms. The monoisotopic (exact) mass is 400 g/mol. The Hall–Kier alpha value is -2.05. The molecule has 4 rings (SSSR count). The van der Waals surface area contributed by atoms with E-state index in [1.54, 1.807) is 24.3 Å². The Morgan fingerprint density at radius 2 is 1.71 bits per heavy atom. The van der Waals surface area contributed by atoms with Gasteiger partial charge in [-0.05, 0) is 74.7 Å². The lowest BCUT2D eigenvalue weighted by Gasteiger charge is -2.26. The van der Waals surface area contributed by atoms with Crippen molar-refractivity contribution in [1.82, 2.24) is 4.90 Å². The number of ether oxygens (including phenoxy) is 1. The van der Waals surface area contributed by atoms with Gasteiger partial charge in [-0.15, -0.1) is 0 Å². The van der Waals surface area contributed by atoms with Crippen molar-refractivity contribution in [3.05, 3.63) is 54.1 Å². The Bertz CT molecular complexity index is 893. The minimum absolute atomic E-state index is 0.334. The second-order valence-corrected chi connectivity index (χ2v) is 9.40. The van der Waals surface area contributed by atoms with Crippen molar-refractivity contribution >= 4 is 15.7 Å².